The van der Waals surface area contributed by atoms with Crippen LogP contribution < -0.4 is 4.90 Å². The third-order valence-corrected chi connectivity index (χ3v) is 7.45. The predicted molar refractivity (Wildman–Crippen MR) is 120 cm³/mol. The molecular formula is C24H34FN5O. The highest BCUT2D eigenvalue weighted by molar-refractivity contribution is 5.35. The number of aliphatic hydroxyl groups is 1. The molecule has 7 heteroatoms. The van der Waals surface area contributed by atoms with Gasteiger partial charge in [0.05, 0.1) is 5.69 Å². The fourth-order valence-electron chi connectivity index (χ4n) is 5.17. The first-order valence-corrected chi connectivity index (χ1v) is 12.0. The van der Waals surface area contributed by atoms with Gasteiger partial charge in [-0.25, -0.2) is 14.4 Å². The summed E-state index contributed by atoms with van der Waals surface area (Å²) in [4.78, 5) is 16.6. The van der Waals surface area contributed by atoms with E-state index >= 15 is 0 Å². The number of aromatic nitrogens is 2. The third kappa shape index (κ3) is 4.69. The molecule has 3 heterocycles. The van der Waals surface area contributed by atoms with E-state index in [-0.39, 0.29) is 5.83 Å². The Labute approximate surface area is 184 Å². The van der Waals surface area contributed by atoms with Gasteiger partial charge in [0.25, 0.3) is 0 Å². The summed E-state index contributed by atoms with van der Waals surface area (Å²) in [5.41, 5.74) is 2.92. The molecule has 0 radical (unpaired) electrons. The lowest BCUT2D eigenvalue weighted by Gasteiger charge is -2.43. The Balaban J connectivity index is 1.18. The molecule has 0 spiro atoms. The minimum atomic E-state index is -0.662. The van der Waals surface area contributed by atoms with Gasteiger partial charge in [0, 0.05) is 64.3 Å². The summed E-state index contributed by atoms with van der Waals surface area (Å²) in [5.74, 6) is 0.678. The van der Waals surface area contributed by atoms with Gasteiger partial charge in [-0.2, -0.15) is 0 Å². The molecule has 1 unspecified atom stereocenters. The maximum absolute atomic E-state index is 14.0. The zero-order valence-electron chi connectivity index (χ0n) is 18.3. The van der Waals surface area contributed by atoms with Gasteiger partial charge in [-0.15, -0.1) is 0 Å². The Morgan fingerprint density at radius 3 is 2.55 bits per heavy atom. The van der Waals surface area contributed by atoms with E-state index in [0.717, 1.165) is 82.6 Å². The monoisotopic (exact) mass is 427 g/mol. The number of hydrogen-bond donors (Lipinski definition) is 1. The summed E-state index contributed by atoms with van der Waals surface area (Å²) in [6.07, 6.45) is 12.5. The molecule has 1 saturated heterocycles. The number of hydrogen-bond acceptors (Lipinski definition) is 6. The molecule has 4 aliphatic rings. The topological polar surface area (TPSA) is 55.7 Å². The van der Waals surface area contributed by atoms with Gasteiger partial charge in [0.2, 0.25) is 5.95 Å². The van der Waals surface area contributed by atoms with E-state index in [2.05, 4.69) is 19.7 Å². The molecule has 6 nitrogen and oxygen atoms in total. The van der Waals surface area contributed by atoms with E-state index in [1.54, 1.807) is 6.08 Å². The smallest absolute Gasteiger partial charge is 0.225 e. The first-order valence-electron chi connectivity index (χ1n) is 12.0. The molecular weight excluding hydrogens is 393 g/mol. The molecule has 1 saturated carbocycles. The van der Waals surface area contributed by atoms with E-state index in [1.165, 1.54) is 24.8 Å². The molecule has 2 aliphatic carbocycles. The summed E-state index contributed by atoms with van der Waals surface area (Å²) in [7, 11) is 0. The van der Waals surface area contributed by atoms with Gasteiger partial charge in [-0.3, -0.25) is 9.80 Å². The minimum Gasteiger partial charge on any atom is -0.378 e. The quantitative estimate of drug-likeness (QED) is 0.780. The van der Waals surface area contributed by atoms with Gasteiger partial charge >= 0.3 is 0 Å². The van der Waals surface area contributed by atoms with Crippen molar-refractivity contribution in [2.24, 2.45) is 0 Å². The summed E-state index contributed by atoms with van der Waals surface area (Å²) < 4.78 is 14.0. The number of piperazine rings is 1. The molecule has 2 fully saturated rings. The minimum absolute atomic E-state index is 0.170. The van der Waals surface area contributed by atoms with Crippen molar-refractivity contribution in [3.63, 3.8) is 0 Å². The van der Waals surface area contributed by atoms with Crippen molar-refractivity contribution >= 4 is 5.95 Å². The fourth-order valence-corrected chi connectivity index (χ4v) is 5.17. The van der Waals surface area contributed by atoms with Crippen molar-refractivity contribution < 1.29 is 9.50 Å². The van der Waals surface area contributed by atoms with Crippen molar-refractivity contribution in [3.8, 4) is 0 Å². The Bertz CT molecular complexity index is 844. The van der Waals surface area contributed by atoms with Crippen LogP contribution in [-0.2, 0) is 12.8 Å². The highest BCUT2D eigenvalue weighted by atomic mass is 19.1. The number of aliphatic hydroxyl groups excluding tert-OH is 1. The maximum Gasteiger partial charge on any atom is 0.225 e. The van der Waals surface area contributed by atoms with E-state index < -0.39 is 6.23 Å². The van der Waals surface area contributed by atoms with Crippen LogP contribution in [0, 0.1) is 0 Å². The highest BCUT2D eigenvalue weighted by Crippen LogP contribution is 2.28. The van der Waals surface area contributed by atoms with Crippen LogP contribution in [0.1, 0.15) is 49.8 Å². The van der Waals surface area contributed by atoms with Crippen LogP contribution in [0.5, 0.6) is 0 Å². The zero-order chi connectivity index (χ0) is 21.2. The third-order valence-electron chi connectivity index (χ3n) is 7.45. The number of fused-ring (bicyclic) bond motifs is 1. The van der Waals surface area contributed by atoms with E-state index in [1.807, 2.05) is 12.3 Å². The van der Waals surface area contributed by atoms with Crippen LogP contribution in [0.2, 0.25) is 0 Å². The lowest BCUT2D eigenvalue weighted by Crippen LogP contribution is -2.52. The summed E-state index contributed by atoms with van der Waals surface area (Å²) in [6, 6.07) is 0.806. The van der Waals surface area contributed by atoms with E-state index in [9.17, 15) is 9.50 Å². The predicted octanol–water partition coefficient (Wildman–Crippen LogP) is 2.83. The first kappa shape index (κ1) is 21.0. The first-order chi connectivity index (χ1) is 15.2. The number of anilines is 1. The van der Waals surface area contributed by atoms with Crippen LogP contribution in [0.3, 0.4) is 0 Å². The van der Waals surface area contributed by atoms with Crippen molar-refractivity contribution in [3.05, 3.63) is 41.0 Å². The van der Waals surface area contributed by atoms with Gasteiger partial charge in [0.15, 0.2) is 0 Å². The second kappa shape index (κ2) is 9.35. The molecule has 1 atom stereocenters. The lowest BCUT2D eigenvalue weighted by atomic mass is 9.91. The van der Waals surface area contributed by atoms with Gasteiger partial charge in [-0.1, -0.05) is 12.5 Å². The van der Waals surface area contributed by atoms with Crippen molar-refractivity contribution in [2.75, 3.05) is 44.2 Å². The molecule has 31 heavy (non-hydrogen) atoms. The second-order valence-corrected chi connectivity index (χ2v) is 9.33. The Morgan fingerprint density at radius 1 is 1.03 bits per heavy atom. The molecule has 2 aliphatic heterocycles. The largest absolute Gasteiger partial charge is 0.378 e. The Kier molecular flexibility index (Phi) is 6.34. The van der Waals surface area contributed by atoms with E-state index in [4.69, 9.17) is 4.98 Å². The molecule has 1 N–H and O–H groups in total. The van der Waals surface area contributed by atoms with Crippen molar-refractivity contribution in [2.45, 2.75) is 63.6 Å². The van der Waals surface area contributed by atoms with Crippen LogP contribution in [0.4, 0.5) is 10.3 Å². The van der Waals surface area contributed by atoms with Crippen molar-refractivity contribution in [1.29, 1.82) is 0 Å². The highest BCUT2D eigenvalue weighted by Gasteiger charge is 2.29. The maximum atomic E-state index is 14.0. The van der Waals surface area contributed by atoms with Gasteiger partial charge in [-0.05, 0) is 49.3 Å². The number of nitrogens with zero attached hydrogens (tertiary/aromatic N) is 5. The normalized spacial score (nSPS) is 24.6. The number of allylic oxidation sites excluding steroid dienone is 3. The van der Waals surface area contributed by atoms with E-state index in [0.29, 0.717) is 12.0 Å². The number of rotatable bonds is 5. The van der Waals surface area contributed by atoms with Crippen LogP contribution in [-0.4, -0.2) is 76.4 Å². The van der Waals surface area contributed by atoms with Crippen LogP contribution in [0.15, 0.2) is 29.7 Å². The Hall–Kier alpha value is -1.83. The fraction of sp³-hybridized carbons (Fsp3) is 0.667. The molecule has 0 bridgehead atoms. The molecule has 0 aromatic carbocycles. The molecule has 0 amide bonds. The SMILES string of the molecule is OC(CC1=CCCC=C1F)N1CCc2cnc(N3CCN(C4CCC4)CC3)nc2CC1. The molecule has 5 rings (SSSR count). The summed E-state index contributed by atoms with van der Waals surface area (Å²) >= 11 is 0. The van der Waals surface area contributed by atoms with Gasteiger partial charge in [0.1, 0.15) is 12.1 Å². The lowest BCUT2D eigenvalue weighted by molar-refractivity contribution is 0.00707. The molecule has 1 aromatic heterocycles. The van der Waals surface area contributed by atoms with Crippen LogP contribution in [0.25, 0.3) is 0 Å². The molecule has 168 valence electrons. The van der Waals surface area contributed by atoms with Crippen LogP contribution >= 0.6 is 0 Å². The average Bonchev–Trinajstić information content (AvgIpc) is 2.97. The summed E-state index contributed by atoms with van der Waals surface area (Å²) in [5, 5.41) is 10.7. The Morgan fingerprint density at radius 2 is 1.81 bits per heavy atom. The van der Waals surface area contributed by atoms with Gasteiger partial charge < -0.3 is 10.0 Å². The summed E-state index contributed by atoms with van der Waals surface area (Å²) in [6.45, 7) is 5.68. The zero-order valence-corrected chi connectivity index (χ0v) is 18.3. The van der Waals surface area contributed by atoms with Crippen molar-refractivity contribution in [1.82, 2.24) is 19.8 Å². The number of halogens is 1. The second-order valence-electron chi connectivity index (χ2n) is 9.33. The standard InChI is InChI=1S/C24H34FN5O/c25-21-7-2-1-4-18(21)16-23(31)29-10-8-19-17-26-24(27-22(19)9-11-29)30-14-12-28(13-15-30)20-5-3-6-20/h4,7,17,20,23,31H,1-3,5-6,8-16H2. The molecule has 1 aromatic rings. The average molecular weight is 428 g/mol.